The quantitative estimate of drug-likeness (QED) is 0.417. The fourth-order valence-corrected chi connectivity index (χ4v) is 4.11. The smallest absolute Gasteiger partial charge is 0.249 e. The second-order valence-corrected chi connectivity index (χ2v) is 7.05. The Morgan fingerprint density at radius 1 is 1.18 bits per heavy atom. The Morgan fingerprint density at radius 2 is 1.89 bits per heavy atom. The Bertz CT molecular complexity index is 961. The molecule has 1 amide bonds. The zero-order chi connectivity index (χ0) is 19.3. The zero-order valence-electron chi connectivity index (χ0n) is 15.5. The molecule has 2 unspecified atom stereocenters. The van der Waals surface area contributed by atoms with Gasteiger partial charge in [-0.15, -0.1) is 0 Å². The van der Waals surface area contributed by atoms with E-state index in [0.29, 0.717) is 0 Å². The van der Waals surface area contributed by atoms with Crippen LogP contribution < -0.4 is 0 Å². The highest BCUT2D eigenvalue weighted by atomic mass is 16.2. The standard InChI is InChI=1S/C22H21N5O/c23-26-24-15-20(28)27-22(17-10-5-2-6-11-17)19-13-7-12-18(21(19)25-27)14-16-8-3-1-4-9-16/h1-6,8-11,14,19,22H,7,12-13,15H2. The van der Waals surface area contributed by atoms with Crippen molar-refractivity contribution in [1.82, 2.24) is 5.01 Å². The third-order valence-corrected chi connectivity index (χ3v) is 5.31. The number of amides is 1. The molecule has 6 nitrogen and oxygen atoms in total. The monoisotopic (exact) mass is 371 g/mol. The average Bonchev–Trinajstić information content (AvgIpc) is 3.14. The summed E-state index contributed by atoms with van der Waals surface area (Å²) in [4.78, 5) is 15.5. The lowest BCUT2D eigenvalue weighted by molar-refractivity contribution is -0.132. The molecule has 1 saturated carbocycles. The fraction of sp³-hybridized carbons (Fsp3) is 0.273. The van der Waals surface area contributed by atoms with Crippen LogP contribution in [0.15, 0.2) is 76.5 Å². The van der Waals surface area contributed by atoms with Crippen LogP contribution in [0.4, 0.5) is 0 Å². The van der Waals surface area contributed by atoms with Gasteiger partial charge in [-0.05, 0) is 47.6 Å². The van der Waals surface area contributed by atoms with Crippen LogP contribution in [0.2, 0.25) is 0 Å². The molecule has 1 aliphatic heterocycles. The van der Waals surface area contributed by atoms with Crippen molar-refractivity contribution in [2.45, 2.75) is 25.3 Å². The van der Waals surface area contributed by atoms with Crippen LogP contribution in [0, 0.1) is 5.92 Å². The van der Waals surface area contributed by atoms with E-state index in [0.717, 1.165) is 36.1 Å². The van der Waals surface area contributed by atoms with Crippen LogP contribution in [0.1, 0.15) is 36.4 Å². The minimum absolute atomic E-state index is 0.154. The molecule has 4 rings (SSSR count). The largest absolute Gasteiger partial charge is 0.273 e. The van der Waals surface area contributed by atoms with Crippen molar-refractivity contribution < 1.29 is 4.79 Å². The van der Waals surface area contributed by atoms with Crippen LogP contribution in [-0.4, -0.2) is 23.2 Å². The van der Waals surface area contributed by atoms with E-state index >= 15 is 0 Å². The average molecular weight is 371 g/mol. The molecule has 0 spiro atoms. The van der Waals surface area contributed by atoms with E-state index in [1.54, 1.807) is 0 Å². The predicted octanol–water partition coefficient (Wildman–Crippen LogP) is 5.12. The molecule has 2 aromatic rings. The first-order chi connectivity index (χ1) is 13.8. The molecule has 0 radical (unpaired) electrons. The van der Waals surface area contributed by atoms with Crippen molar-refractivity contribution in [3.63, 3.8) is 0 Å². The van der Waals surface area contributed by atoms with Gasteiger partial charge in [-0.1, -0.05) is 65.8 Å². The van der Waals surface area contributed by atoms with Gasteiger partial charge in [0.05, 0.1) is 11.8 Å². The number of hydrogen-bond donors (Lipinski definition) is 0. The van der Waals surface area contributed by atoms with Crippen LogP contribution in [0.5, 0.6) is 0 Å². The number of hydrogen-bond acceptors (Lipinski definition) is 3. The number of nitrogens with zero attached hydrogens (tertiary/aromatic N) is 5. The molecule has 1 fully saturated rings. The Morgan fingerprint density at radius 3 is 2.61 bits per heavy atom. The van der Waals surface area contributed by atoms with E-state index in [4.69, 9.17) is 10.6 Å². The SMILES string of the molecule is [N-]=[N+]=NCC(=O)N1N=C2C(=Cc3ccccc3)CCCC2C1c1ccccc1. The highest BCUT2D eigenvalue weighted by molar-refractivity contribution is 6.08. The topological polar surface area (TPSA) is 81.4 Å². The summed E-state index contributed by atoms with van der Waals surface area (Å²) in [7, 11) is 0. The van der Waals surface area contributed by atoms with Gasteiger partial charge in [0.15, 0.2) is 0 Å². The highest BCUT2D eigenvalue weighted by Gasteiger charge is 2.43. The van der Waals surface area contributed by atoms with Crippen molar-refractivity contribution >= 4 is 17.7 Å². The molecule has 2 aromatic carbocycles. The predicted molar refractivity (Wildman–Crippen MR) is 109 cm³/mol. The summed E-state index contributed by atoms with van der Waals surface area (Å²) < 4.78 is 0. The molecule has 28 heavy (non-hydrogen) atoms. The number of azide groups is 1. The van der Waals surface area contributed by atoms with Crippen molar-refractivity contribution in [2.75, 3.05) is 6.54 Å². The van der Waals surface area contributed by atoms with Crippen molar-refractivity contribution in [3.8, 4) is 0 Å². The summed E-state index contributed by atoms with van der Waals surface area (Å²) in [6, 6.07) is 20.0. The number of carbonyl (C=O) groups excluding carboxylic acids is 1. The molecule has 2 atom stereocenters. The molecule has 6 heteroatoms. The molecule has 140 valence electrons. The van der Waals surface area contributed by atoms with Crippen LogP contribution in [0.3, 0.4) is 0 Å². The number of benzene rings is 2. The van der Waals surface area contributed by atoms with E-state index in [1.165, 1.54) is 10.6 Å². The molecule has 1 aliphatic carbocycles. The highest BCUT2D eigenvalue weighted by Crippen LogP contribution is 2.44. The number of rotatable bonds is 4. The van der Waals surface area contributed by atoms with Gasteiger partial charge in [0.2, 0.25) is 5.91 Å². The molecule has 0 bridgehead atoms. The van der Waals surface area contributed by atoms with Crippen molar-refractivity contribution in [2.24, 2.45) is 16.1 Å². The zero-order valence-corrected chi connectivity index (χ0v) is 15.5. The Kier molecular flexibility index (Phi) is 5.22. The van der Waals surface area contributed by atoms with Gasteiger partial charge in [-0.25, -0.2) is 5.01 Å². The van der Waals surface area contributed by atoms with Gasteiger partial charge in [-0.2, -0.15) is 5.10 Å². The first-order valence-corrected chi connectivity index (χ1v) is 9.50. The Labute approximate surface area is 163 Å². The maximum Gasteiger partial charge on any atom is 0.249 e. The fourth-order valence-electron chi connectivity index (χ4n) is 4.11. The van der Waals surface area contributed by atoms with Gasteiger partial charge in [0.25, 0.3) is 0 Å². The summed E-state index contributed by atoms with van der Waals surface area (Å²) in [6.45, 7) is -0.221. The van der Waals surface area contributed by atoms with Gasteiger partial charge in [-0.3, -0.25) is 4.79 Å². The van der Waals surface area contributed by atoms with E-state index in [9.17, 15) is 4.79 Å². The van der Waals surface area contributed by atoms with Gasteiger partial charge < -0.3 is 0 Å². The molecule has 0 saturated heterocycles. The lowest BCUT2D eigenvalue weighted by Gasteiger charge is -2.29. The van der Waals surface area contributed by atoms with Crippen LogP contribution in [0.25, 0.3) is 16.5 Å². The van der Waals surface area contributed by atoms with Crippen molar-refractivity contribution in [3.05, 3.63) is 87.8 Å². The molecular weight excluding hydrogens is 350 g/mol. The van der Waals surface area contributed by atoms with Gasteiger partial charge >= 0.3 is 0 Å². The third-order valence-electron chi connectivity index (χ3n) is 5.31. The summed E-state index contributed by atoms with van der Waals surface area (Å²) in [6.07, 6.45) is 5.17. The lowest BCUT2D eigenvalue weighted by Crippen LogP contribution is -2.33. The summed E-state index contributed by atoms with van der Waals surface area (Å²) in [5, 5.41) is 9.74. The molecule has 0 N–H and O–H groups in total. The van der Waals surface area contributed by atoms with Gasteiger partial charge in [0, 0.05) is 10.8 Å². The first kappa shape index (κ1) is 18.0. The minimum atomic E-state index is -0.271. The van der Waals surface area contributed by atoms with E-state index in [2.05, 4.69) is 28.2 Å². The first-order valence-electron chi connectivity index (χ1n) is 9.50. The maximum atomic E-state index is 12.7. The minimum Gasteiger partial charge on any atom is -0.273 e. The second-order valence-electron chi connectivity index (χ2n) is 7.05. The number of hydrazone groups is 1. The normalized spacial score (nSPS) is 22.4. The Hall–Kier alpha value is -3.37. The van der Waals surface area contributed by atoms with Gasteiger partial charge in [0.1, 0.15) is 6.54 Å². The number of allylic oxidation sites excluding steroid dienone is 1. The number of carbonyl (C=O) groups is 1. The Balaban J connectivity index is 1.74. The molecular formula is C22H21N5O. The molecule has 2 aliphatic rings. The van der Waals surface area contributed by atoms with E-state index < -0.39 is 0 Å². The number of fused-ring (bicyclic) bond motifs is 1. The van der Waals surface area contributed by atoms with Crippen molar-refractivity contribution in [1.29, 1.82) is 0 Å². The molecule has 1 heterocycles. The third kappa shape index (κ3) is 3.55. The van der Waals surface area contributed by atoms with Crippen LogP contribution in [-0.2, 0) is 4.79 Å². The summed E-state index contributed by atoms with van der Waals surface area (Å²) in [5.74, 6) is -0.117. The second kappa shape index (κ2) is 8.11. The summed E-state index contributed by atoms with van der Waals surface area (Å²) in [5.41, 5.74) is 13.0. The van der Waals surface area contributed by atoms with Crippen LogP contribution >= 0.6 is 0 Å². The van der Waals surface area contributed by atoms with E-state index in [-0.39, 0.29) is 24.4 Å². The summed E-state index contributed by atoms with van der Waals surface area (Å²) >= 11 is 0. The molecule has 0 aromatic heterocycles. The maximum absolute atomic E-state index is 12.7. The van der Waals surface area contributed by atoms with E-state index in [1.807, 2.05) is 48.5 Å². The lowest BCUT2D eigenvalue weighted by atomic mass is 9.77.